The number of piperidine rings is 1. The average molecular weight is 353 g/mol. The van der Waals surface area contributed by atoms with Crippen LogP contribution in [-0.2, 0) is 6.54 Å². The van der Waals surface area contributed by atoms with E-state index in [0.29, 0.717) is 6.54 Å². The summed E-state index contributed by atoms with van der Waals surface area (Å²) in [5.41, 5.74) is 3.11. The second kappa shape index (κ2) is 8.61. The van der Waals surface area contributed by atoms with Crippen LogP contribution in [0.2, 0.25) is 0 Å². The van der Waals surface area contributed by atoms with Gasteiger partial charge < -0.3 is 19.9 Å². The third kappa shape index (κ3) is 4.69. The lowest BCUT2D eigenvalue weighted by Crippen LogP contribution is -2.31. The van der Waals surface area contributed by atoms with E-state index in [1.54, 1.807) is 19.1 Å². The first-order valence-electron chi connectivity index (χ1n) is 9.16. The fourth-order valence-corrected chi connectivity index (χ4v) is 3.20. The molecule has 1 aliphatic heterocycles. The van der Waals surface area contributed by atoms with E-state index in [4.69, 9.17) is 4.74 Å². The molecule has 1 heterocycles. The summed E-state index contributed by atoms with van der Waals surface area (Å²) >= 11 is 0. The van der Waals surface area contributed by atoms with Crippen LogP contribution in [0.4, 0.5) is 16.2 Å². The second-order valence-electron chi connectivity index (χ2n) is 6.73. The fourth-order valence-electron chi connectivity index (χ4n) is 3.20. The van der Waals surface area contributed by atoms with E-state index in [9.17, 15) is 4.79 Å². The smallest absolute Gasteiger partial charge is 0.321 e. The molecule has 1 saturated heterocycles. The molecule has 2 aromatic rings. The molecule has 138 valence electrons. The molecule has 0 saturated carbocycles. The highest BCUT2D eigenvalue weighted by molar-refractivity contribution is 5.89. The Morgan fingerprint density at radius 3 is 2.31 bits per heavy atom. The molecule has 0 spiro atoms. The van der Waals surface area contributed by atoms with Crippen LogP contribution < -0.4 is 15.0 Å². The molecule has 1 fully saturated rings. The number of rotatable bonds is 5. The first-order chi connectivity index (χ1) is 12.7. The number of benzene rings is 2. The first-order valence-corrected chi connectivity index (χ1v) is 9.16. The zero-order valence-electron chi connectivity index (χ0n) is 15.6. The molecule has 5 nitrogen and oxygen atoms in total. The average Bonchev–Trinajstić information content (AvgIpc) is 2.70. The summed E-state index contributed by atoms with van der Waals surface area (Å²) in [5.74, 6) is 0.814. The Morgan fingerprint density at radius 2 is 1.69 bits per heavy atom. The number of urea groups is 1. The van der Waals surface area contributed by atoms with E-state index < -0.39 is 0 Å². The van der Waals surface area contributed by atoms with E-state index in [2.05, 4.69) is 22.3 Å². The zero-order valence-corrected chi connectivity index (χ0v) is 15.6. The molecule has 2 aromatic carbocycles. The quantitative estimate of drug-likeness (QED) is 0.869. The van der Waals surface area contributed by atoms with Gasteiger partial charge in [0.25, 0.3) is 0 Å². The Kier molecular flexibility index (Phi) is 6.00. The second-order valence-corrected chi connectivity index (χ2v) is 6.73. The molecule has 1 N–H and O–H groups in total. The van der Waals surface area contributed by atoms with Gasteiger partial charge in [0.2, 0.25) is 0 Å². The molecule has 1 aliphatic rings. The van der Waals surface area contributed by atoms with Crippen molar-refractivity contribution in [2.45, 2.75) is 25.8 Å². The fraction of sp³-hybridized carbons (Fsp3) is 0.381. The molecule has 5 heteroatoms. The highest BCUT2D eigenvalue weighted by atomic mass is 16.5. The van der Waals surface area contributed by atoms with Gasteiger partial charge in [-0.1, -0.05) is 12.1 Å². The molecule has 0 aliphatic carbocycles. The molecule has 26 heavy (non-hydrogen) atoms. The van der Waals surface area contributed by atoms with Crippen molar-refractivity contribution >= 4 is 17.4 Å². The number of anilines is 2. The summed E-state index contributed by atoms with van der Waals surface area (Å²) in [7, 11) is 3.44. The maximum atomic E-state index is 12.4. The molecule has 0 aromatic heterocycles. The topological polar surface area (TPSA) is 44.8 Å². The minimum atomic E-state index is -0.119. The van der Waals surface area contributed by atoms with Gasteiger partial charge in [0, 0.05) is 38.1 Å². The minimum Gasteiger partial charge on any atom is -0.497 e. The first kappa shape index (κ1) is 18.1. The molecule has 0 radical (unpaired) electrons. The van der Waals surface area contributed by atoms with Crippen LogP contribution >= 0.6 is 0 Å². The lowest BCUT2D eigenvalue weighted by molar-refractivity contribution is 0.220. The number of amides is 2. The number of methoxy groups -OCH3 is 1. The van der Waals surface area contributed by atoms with E-state index in [1.807, 2.05) is 36.4 Å². The maximum Gasteiger partial charge on any atom is 0.321 e. The highest BCUT2D eigenvalue weighted by Gasteiger charge is 2.12. The molecule has 2 amide bonds. The Balaban J connectivity index is 1.54. The predicted octanol–water partition coefficient (Wildman–Crippen LogP) is 4.35. The normalized spacial score (nSPS) is 14.0. The number of ether oxygens (including phenoxy) is 1. The van der Waals surface area contributed by atoms with Gasteiger partial charge >= 0.3 is 6.03 Å². The van der Waals surface area contributed by atoms with E-state index in [1.165, 1.54) is 24.9 Å². The minimum absolute atomic E-state index is 0.119. The van der Waals surface area contributed by atoms with Gasteiger partial charge in [-0.3, -0.25) is 0 Å². The third-order valence-electron chi connectivity index (χ3n) is 4.77. The van der Waals surface area contributed by atoms with Crippen molar-refractivity contribution < 1.29 is 9.53 Å². The number of carbonyl (C=O) groups is 1. The van der Waals surface area contributed by atoms with Crippen molar-refractivity contribution in [2.24, 2.45) is 0 Å². The van der Waals surface area contributed by atoms with Gasteiger partial charge in [-0.05, 0) is 61.2 Å². The van der Waals surface area contributed by atoms with Gasteiger partial charge in [0.15, 0.2) is 0 Å². The number of hydrogen-bond donors (Lipinski definition) is 1. The van der Waals surface area contributed by atoms with Crippen molar-refractivity contribution in [1.29, 1.82) is 0 Å². The molecule has 3 rings (SSSR count). The van der Waals surface area contributed by atoms with Crippen LogP contribution in [0, 0.1) is 0 Å². The third-order valence-corrected chi connectivity index (χ3v) is 4.77. The summed E-state index contributed by atoms with van der Waals surface area (Å²) < 4.78 is 5.16. The zero-order chi connectivity index (χ0) is 18.4. The number of hydrogen-bond acceptors (Lipinski definition) is 3. The van der Waals surface area contributed by atoms with Crippen LogP contribution in [-0.4, -0.2) is 38.2 Å². The van der Waals surface area contributed by atoms with Gasteiger partial charge in [0.05, 0.1) is 7.11 Å². The van der Waals surface area contributed by atoms with Gasteiger partial charge in [-0.2, -0.15) is 0 Å². The number of carbonyl (C=O) groups excluding carboxylic acids is 1. The largest absolute Gasteiger partial charge is 0.497 e. The molecular weight excluding hydrogens is 326 g/mol. The Hall–Kier alpha value is -2.69. The van der Waals surface area contributed by atoms with Crippen LogP contribution in [0.3, 0.4) is 0 Å². The standard InChI is InChI=1S/C21H27N3O2/c1-23(16-17-6-12-20(26-2)13-7-17)21(25)22-18-8-10-19(11-9-18)24-14-4-3-5-15-24/h6-13H,3-5,14-16H2,1-2H3,(H,22,25). The predicted molar refractivity (Wildman–Crippen MR) is 106 cm³/mol. The lowest BCUT2D eigenvalue weighted by atomic mass is 10.1. The summed E-state index contributed by atoms with van der Waals surface area (Å²) in [4.78, 5) is 16.5. The van der Waals surface area contributed by atoms with Crippen molar-refractivity contribution in [2.75, 3.05) is 37.5 Å². The SMILES string of the molecule is COc1ccc(CN(C)C(=O)Nc2ccc(N3CCCCC3)cc2)cc1. The number of nitrogens with zero attached hydrogens (tertiary/aromatic N) is 2. The van der Waals surface area contributed by atoms with Gasteiger partial charge in [0.1, 0.15) is 5.75 Å². The van der Waals surface area contributed by atoms with Crippen LogP contribution in [0.25, 0.3) is 0 Å². The van der Waals surface area contributed by atoms with Crippen molar-refractivity contribution in [3.63, 3.8) is 0 Å². The lowest BCUT2D eigenvalue weighted by Gasteiger charge is -2.29. The Bertz CT molecular complexity index is 707. The van der Waals surface area contributed by atoms with E-state index in [-0.39, 0.29) is 6.03 Å². The summed E-state index contributed by atoms with van der Waals surface area (Å²) in [6.07, 6.45) is 3.84. The molecular formula is C21H27N3O2. The van der Waals surface area contributed by atoms with Crippen molar-refractivity contribution in [3.8, 4) is 5.75 Å². The summed E-state index contributed by atoms with van der Waals surface area (Å²) in [6.45, 7) is 2.79. The number of nitrogens with one attached hydrogen (secondary N) is 1. The molecule has 0 unspecified atom stereocenters. The van der Waals surface area contributed by atoms with Crippen molar-refractivity contribution in [1.82, 2.24) is 4.90 Å². The van der Waals surface area contributed by atoms with Crippen LogP contribution in [0.1, 0.15) is 24.8 Å². The summed E-state index contributed by atoms with van der Waals surface area (Å²) in [6, 6.07) is 15.7. The van der Waals surface area contributed by atoms with Crippen molar-refractivity contribution in [3.05, 3.63) is 54.1 Å². The highest BCUT2D eigenvalue weighted by Crippen LogP contribution is 2.22. The van der Waals surface area contributed by atoms with Gasteiger partial charge in [-0.15, -0.1) is 0 Å². The Labute approximate surface area is 155 Å². The van der Waals surface area contributed by atoms with Crippen LogP contribution in [0.5, 0.6) is 5.75 Å². The molecule has 0 atom stereocenters. The van der Waals surface area contributed by atoms with E-state index >= 15 is 0 Å². The molecule has 0 bridgehead atoms. The van der Waals surface area contributed by atoms with Crippen LogP contribution in [0.15, 0.2) is 48.5 Å². The Morgan fingerprint density at radius 1 is 1.04 bits per heavy atom. The summed E-state index contributed by atoms with van der Waals surface area (Å²) in [5, 5.41) is 2.96. The van der Waals surface area contributed by atoms with Gasteiger partial charge in [-0.25, -0.2) is 4.79 Å². The maximum absolute atomic E-state index is 12.4. The monoisotopic (exact) mass is 353 g/mol. The van der Waals surface area contributed by atoms with E-state index in [0.717, 1.165) is 30.1 Å².